The van der Waals surface area contributed by atoms with Crippen LogP contribution < -0.4 is 5.32 Å². The van der Waals surface area contributed by atoms with Gasteiger partial charge < -0.3 is 24.6 Å². The number of amides is 1. The molecule has 0 radical (unpaired) electrons. The largest absolute Gasteiger partial charge is 0.480 e. The number of rotatable bonds is 11. The second-order valence-electron chi connectivity index (χ2n) is 3.52. The molecule has 0 unspecified atom stereocenters. The van der Waals surface area contributed by atoms with Gasteiger partial charge in [0.25, 0.3) is 0 Å². The van der Waals surface area contributed by atoms with E-state index in [2.05, 4.69) is 20.1 Å². The lowest BCUT2D eigenvalue weighted by Gasteiger charge is -2.10. The number of ether oxygens (including phenoxy) is 3. The molecule has 0 fully saturated rings. The third kappa shape index (κ3) is 11.1. The van der Waals surface area contributed by atoms with E-state index in [1.165, 1.54) is 6.92 Å². The Morgan fingerprint density at radius 3 is 2.45 bits per heavy atom. The number of carboxylic acids is 1. The van der Waals surface area contributed by atoms with Crippen molar-refractivity contribution in [3.05, 3.63) is 10.4 Å². The van der Waals surface area contributed by atoms with Gasteiger partial charge in [0.05, 0.1) is 26.4 Å². The van der Waals surface area contributed by atoms with Gasteiger partial charge in [-0.25, -0.2) is 4.79 Å². The Balaban J connectivity index is 3.33. The Morgan fingerprint density at radius 1 is 1.25 bits per heavy atom. The Hall–Kier alpha value is -2.03. The van der Waals surface area contributed by atoms with Crippen molar-refractivity contribution >= 4 is 12.1 Å². The molecule has 1 atom stereocenters. The maximum Gasteiger partial charge on any atom is 0.407 e. The average molecular weight is 290 g/mol. The molecule has 10 heteroatoms. The summed E-state index contributed by atoms with van der Waals surface area (Å²) in [6.45, 7) is 2.75. The highest BCUT2D eigenvalue weighted by atomic mass is 16.6. The van der Waals surface area contributed by atoms with Crippen LogP contribution >= 0.6 is 0 Å². The molecule has 0 aromatic heterocycles. The SMILES string of the molecule is C[C@H](NC(=O)OCCOCCOCCN=[N+]=[N-])C(=O)O. The lowest BCUT2D eigenvalue weighted by Crippen LogP contribution is -2.39. The quantitative estimate of drug-likeness (QED) is 0.246. The smallest absolute Gasteiger partial charge is 0.407 e. The zero-order valence-corrected chi connectivity index (χ0v) is 11.2. The first kappa shape index (κ1) is 18.0. The van der Waals surface area contributed by atoms with E-state index in [0.717, 1.165) is 0 Å². The second kappa shape index (κ2) is 12.0. The standard InChI is InChI=1S/C10H18N4O6/c1-8(9(15)16)13-10(17)20-7-6-19-5-4-18-3-2-12-14-11/h8H,2-7H2,1H3,(H,13,17)(H,15,16)/t8-/m0/s1. The summed E-state index contributed by atoms with van der Waals surface area (Å²) in [4.78, 5) is 24.1. The Labute approximate surface area is 115 Å². The van der Waals surface area contributed by atoms with Crippen molar-refractivity contribution in [3.63, 3.8) is 0 Å². The van der Waals surface area contributed by atoms with Gasteiger partial charge in [-0.1, -0.05) is 5.11 Å². The van der Waals surface area contributed by atoms with Crippen LogP contribution in [0.1, 0.15) is 6.92 Å². The summed E-state index contributed by atoms with van der Waals surface area (Å²) in [5, 5.41) is 14.0. The Bertz CT molecular complexity index is 345. The summed E-state index contributed by atoms with van der Waals surface area (Å²) in [5.74, 6) is -1.14. The van der Waals surface area contributed by atoms with Gasteiger partial charge in [-0.05, 0) is 12.5 Å². The fourth-order valence-corrected chi connectivity index (χ4v) is 0.946. The van der Waals surface area contributed by atoms with Crippen LogP contribution in [0.4, 0.5) is 4.79 Å². The van der Waals surface area contributed by atoms with Crippen molar-refractivity contribution in [1.29, 1.82) is 0 Å². The number of hydrogen-bond acceptors (Lipinski definition) is 6. The van der Waals surface area contributed by atoms with Gasteiger partial charge in [0, 0.05) is 11.5 Å². The molecule has 2 N–H and O–H groups in total. The van der Waals surface area contributed by atoms with Gasteiger partial charge in [-0.15, -0.1) is 0 Å². The number of carbonyl (C=O) groups excluding carboxylic acids is 1. The molecule has 0 spiro atoms. The number of azide groups is 1. The maximum absolute atomic E-state index is 11.1. The zero-order chi connectivity index (χ0) is 15.2. The number of carboxylic acid groups (broad SMARTS) is 1. The van der Waals surface area contributed by atoms with Crippen LogP contribution in [0.2, 0.25) is 0 Å². The third-order valence-electron chi connectivity index (χ3n) is 1.94. The molecule has 114 valence electrons. The van der Waals surface area contributed by atoms with E-state index in [1.807, 2.05) is 0 Å². The van der Waals surface area contributed by atoms with Gasteiger partial charge in [-0.3, -0.25) is 4.79 Å². The molecule has 10 nitrogen and oxygen atoms in total. The molecule has 0 bridgehead atoms. The molecule has 20 heavy (non-hydrogen) atoms. The minimum atomic E-state index is -1.14. The lowest BCUT2D eigenvalue weighted by molar-refractivity contribution is -0.138. The van der Waals surface area contributed by atoms with Crippen molar-refractivity contribution in [2.45, 2.75) is 13.0 Å². The summed E-state index contributed by atoms with van der Waals surface area (Å²) in [6, 6.07) is -1.01. The van der Waals surface area contributed by atoms with Gasteiger partial charge in [0.2, 0.25) is 0 Å². The van der Waals surface area contributed by atoms with Crippen LogP contribution in [0.15, 0.2) is 5.11 Å². The van der Waals surface area contributed by atoms with Crippen molar-refractivity contribution in [2.75, 3.05) is 39.6 Å². The molecule has 0 heterocycles. The number of nitrogens with zero attached hydrogens (tertiary/aromatic N) is 3. The number of aliphatic carboxylic acids is 1. The number of alkyl carbamates (subject to hydrolysis) is 1. The van der Waals surface area contributed by atoms with Crippen LogP contribution in [-0.4, -0.2) is 62.8 Å². The normalized spacial score (nSPS) is 11.2. The fraction of sp³-hybridized carbons (Fsp3) is 0.800. The molecule has 0 rings (SSSR count). The van der Waals surface area contributed by atoms with E-state index in [0.29, 0.717) is 19.8 Å². The molecular formula is C10H18N4O6. The first-order valence-electron chi connectivity index (χ1n) is 5.90. The number of nitrogens with one attached hydrogen (secondary N) is 1. The minimum Gasteiger partial charge on any atom is -0.480 e. The number of hydrogen-bond donors (Lipinski definition) is 2. The highest BCUT2D eigenvalue weighted by molar-refractivity contribution is 5.79. The van der Waals surface area contributed by atoms with Gasteiger partial charge >= 0.3 is 12.1 Å². The third-order valence-corrected chi connectivity index (χ3v) is 1.94. The van der Waals surface area contributed by atoms with Crippen LogP contribution in [-0.2, 0) is 19.0 Å². The van der Waals surface area contributed by atoms with Crippen LogP contribution in [0.25, 0.3) is 10.4 Å². The van der Waals surface area contributed by atoms with E-state index >= 15 is 0 Å². The predicted molar refractivity (Wildman–Crippen MR) is 67.2 cm³/mol. The van der Waals surface area contributed by atoms with E-state index < -0.39 is 18.1 Å². The zero-order valence-electron chi connectivity index (χ0n) is 11.2. The summed E-state index contributed by atoms with van der Waals surface area (Å²) in [6.07, 6.45) is -0.811. The first-order valence-corrected chi connectivity index (χ1v) is 5.90. The minimum absolute atomic E-state index is 0.0108. The van der Waals surface area contributed by atoms with Crippen LogP contribution in [0, 0.1) is 0 Å². The monoisotopic (exact) mass is 290 g/mol. The first-order chi connectivity index (χ1) is 9.57. The fourth-order valence-electron chi connectivity index (χ4n) is 0.946. The van der Waals surface area contributed by atoms with Crippen molar-refractivity contribution in [1.82, 2.24) is 5.32 Å². The molecule has 0 aromatic carbocycles. The Kier molecular flexibility index (Phi) is 10.8. The van der Waals surface area contributed by atoms with E-state index in [4.69, 9.17) is 20.1 Å². The van der Waals surface area contributed by atoms with Gasteiger partial charge in [0.1, 0.15) is 12.6 Å². The van der Waals surface area contributed by atoms with E-state index in [1.54, 1.807) is 0 Å². The summed E-state index contributed by atoms with van der Waals surface area (Å²) in [7, 11) is 0. The summed E-state index contributed by atoms with van der Waals surface area (Å²) in [5.41, 5.74) is 7.99. The van der Waals surface area contributed by atoms with Crippen molar-refractivity contribution in [2.24, 2.45) is 5.11 Å². The highest BCUT2D eigenvalue weighted by Crippen LogP contribution is 1.86. The van der Waals surface area contributed by atoms with Gasteiger partial charge in [-0.2, -0.15) is 0 Å². The lowest BCUT2D eigenvalue weighted by atomic mass is 10.4. The maximum atomic E-state index is 11.1. The second-order valence-corrected chi connectivity index (χ2v) is 3.52. The summed E-state index contributed by atoms with van der Waals surface area (Å²) < 4.78 is 14.8. The molecule has 0 saturated carbocycles. The van der Waals surface area contributed by atoms with Crippen molar-refractivity contribution < 1.29 is 28.9 Å². The molecule has 1 amide bonds. The molecule has 0 aliphatic rings. The molecule has 0 aliphatic heterocycles. The molecular weight excluding hydrogens is 272 g/mol. The molecule has 0 aromatic rings. The van der Waals surface area contributed by atoms with E-state index in [9.17, 15) is 9.59 Å². The number of carbonyl (C=O) groups is 2. The Morgan fingerprint density at radius 2 is 1.85 bits per heavy atom. The van der Waals surface area contributed by atoms with Crippen molar-refractivity contribution in [3.8, 4) is 0 Å². The van der Waals surface area contributed by atoms with Gasteiger partial charge in [0.15, 0.2) is 0 Å². The molecule has 0 aliphatic carbocycles. The van der Waals surface area contributed by atoms with E-state index in [-0.39, 0.29) is 19.8 Å². The van der Waals surface area contributed by atoms with Crippen LogP contribution in [0.5, 0.6) is 0 Å². The average Bonchev–Trinajstić information content (AvgIpc) is 2.40. The topological polar surface area (TPSA) is 143 Å². The van der Waals surface area contributed by atoms with Crippen LogP contribution in [0.3, 0.4) is 0 Å². The molecule has 0 saturated heterocycles. The summed E-state index contributed by atoms with van der Waals surface area (Å²) >= 11 is 0. The highest BCUT2D eigenvalue weighted by Gasteiger charge is 2.14. The predicted octanol–water partition coefficient (Wildman–Crippen LogP) is 0.529.